The van der Waals surface area contributed by atoms with Crippen LogP contribution in [-0.4, -0.2) is 18.6 Å². The number of aromatic nitrogens is 1. The molecular weight excluding hydrogens is 234 g/mol. The number of hydrogen-bond acceptors (Lipinski definition) is 3. The second-order valence-corrected chi connectivity index (χ2v) is 4.64. The van der Waals surface area contributed by atoms with Crippen LogP contribution in [0.15, 0.2) is 42.7 Å². The molecule has 0 saturated heterocycles. The smallest absolute Gasteiger partial charge is 0.0994 e. The van der Waals surface area contributed by atoms with Crippen molar-refractivity contribution in [1.82, 2.24) is 4.98 Å². The Bertz CT molecular complexity index is 585. The first-order valence-corrected chi connectivity index (χ1v) is 6.31. The summed E-state index contributed by atoms with van der Waals surface area (Å²) in [5, 5.41) is 8.93. The molecule has 0 aliphatic carbocycles. The third-order valence-electron chi connectivity index (χ3n) is 3.26. The molecule has 1 aromatic heterocycles. The van der Waals surface area contributed by atoms with Crippen molar-refractivity contribution in [3.8, 4) is 6.07 Å². The van der Waals surface area contributed by atoms with Crippen LogP contribution >= 0.6 is 0 Å². The molecule has 0 radical (unpaired) electrons. The predicted molar refractivity (Wildman–Crippen MR) is 77.1 cm³/mol. The topological polar surface area (TPSA) is 39.9 Å². The lowest BCUT2D eigenvalue weighted by molar-refractivity contribution is 0.874. The van der Waals surface area contributed by atoms with E-state index in [1.807, 2.05) is 43.6 Å². The number of benzene rings is 1. The number of pyridine rings is 1. The van der Waals surface area contributed by atoms with E-state index in [0.717, 1.165) is 29.8 Å². The highest BCUT2D eigenvalue weighted by molar-refractivity contribution is 5.53. The van der Waals surface area contributed by atoms with Gasteiger partial charge in [-0.2, -0.15) is 5.26 Å². The average Bonchev–Trinajstić information content (AvgIpc) is 2.45. The van der Waals surface area contributed by atoms with E-state index < -0.39 is 0 Å². The Balaban J connectivity index is 2.02. The fraction of sp³-hybridized carbons (Fsp3) is 0.250. The molecule has 0 aliphatic rings. The zero-order valence-corrected chi connectivity index (χ0v) is 11.3. The number of aryl methyl sites for hydroxylation is 1. The van der Waals surface area contributed by atoms with Crippen molar-refractivity contribution >= 4 is 5.69 Å². The normalized spacial score (nSPS) is 9.95. The number of nitriles is 1. The maximum atomic E-state index is 8.93. The highest BCUT2D eigenvalue weighted by atomic mass is 15.1. The van der Waals surface area contributed by atoms with E-state index in [9.17, 15) is 0 Å². The molecule has 19 heavy (non-hydrogen) atoms. The summed E-state index contributed by atoms with van der Waals surface area (Å²) in [5.41, 5.74) is 4.19. The summed E-state index contributed by atoms with van der Waals surface area (Å²) in [6.45, 7) is 2.91. The van der Waals surface area contributed by atoms with E-state index in [2.05, 4.69) is 29.1 Å². The van der Waals surface area contributed by atoms with Crippen LogP contribution < -0.4 is 4.90 Å². The van der Waals surface area contributed by atoms with Gasteiger partial charge < -0.3 is 4.90 Å². The maximum absolute atomic E-state index is 8.93. The monoisotopic (exact) mass is 251 g/mol. The molecule has 0 unspecified atom stereocenters. The Morgan fingerprint density at radius 3 is 2.58 bits per heavy atom. The maximum Gasteiger partial charge on any atom is 0.0994 e. The van der Waals surface area contributed by atoms with Gasteiger partial charge in [0.05, 0.1) is 11.6 Å². The Hall–Kier alpha value is -2.34. The molecule has 0 spiro atoms. The van der Waals surface area contributed by atoms with Crippen LogP contribution in [0.25, 0.3) is 0 Å². The number of nitrogens with zero attached hydrogens (tertiary/aromatic N) is 3. The summed E-state index contributed by atoms with van der Waals surface area (Å²) in [5.74, 6) is 0. The molecule has 0 aliphatic heterocycles. The van der Waals surface area contributed by atoms with Crippen LogP contribution in [-0.2, 0) is 6.42 Å². The molecular formula is C16H17N3. The zero-order chi connectivity index (χ0) is 13.7. The molecule has 2 rings (SSSR count). The van der Waals surface area contributed by atoms with Gasteiger partial charge in [-0.3, -0.25) is 4.98 Å². The molecule has 3 nitrogen and oxygen atoms in total. The summed E-state index contributed by atoms with van der Waals surface area (Å²) >= 11 is 0. The first-order valence-electron chi connectivity index (χ1n) is 6.31. The van der Waals surface area contributed by atoms with Crippen LogP contribution in [0.2, 0.25) is 0 Å². The van der Waals surface area contributed by atoms with Crippen molar-refractivity contribution in [3.63, 3.8) is 0 Å². The molecule has 96 valence electrons. The van der Waals surface area contributed by atoms with Gasteiger partial charge in [0.25, 0.3) is 0 Å². The van der Waals surface area contributed by atoms with Crippen LogP contribution in [0.5, 0.6) is 0 Å². The molecule has 1 heterocycles. The van der Waals surface area contributed by atoms with E-state index in [1.54, 1.807) is 0 Å². The molecule has 2 aromatic rings. The minimum absolute atomic E-state index is 0.742. The SMILES string of the molecule is Cc1cc(N(C)CCc2ccncc2)ccc1C#N. The largest absolute Gasteiger partial charge is 0.374 e. The molecule has 0 bridgehead atoms. The summed E-state index contributed by atoms with van der Waals surface area (Å²) in [7, 11) is 2.07. The minimum Gasteiger partial charge on any atom is -0.374 e. The first kappa shape index (κ1) is 13.1. The van der Waals surface area contributed by atoms with Gasteiger partial charge >= 0.3 is 0 Å². The van der Waals surface area contributed by atoms with Gasteiger partial charge in [0, 0.05) is 31.7 Å². The van der Waals surface area contributed by atoms with Crippen molar-refractivity contribution in [2.45, 2.75) is 13.3 Å². The Labute approximate surface area is 114 Å². The molecule has 1 aromatic carbocycles. The first-order chi connectivity index (χ1) is 9.20. The molecule has 0 N–H and O–H groups in total. The van der Waals surface area contributed by atoms with Crippen LogP contribution in [0.4, 0.5) is 5.69 Å². The Kier molecular flexibility index (Phi) is 4.15. The number of anilines is 1. The van der Waals surface area contributed by atoms with E-state index in [-0.39, 0.29) is 0 Å². The summed E-state index contributed by atoms with van der Waals surface area (Å²) in [6.07, 6.45) is 4.63. The average molecular weight is 251 g/mol. The Morgan fingerprint density at radius 1 is 1.21 bits per heavy atom. The van der Waals surface area contributed by atoms with Gasteiger partial charge in [-0.15, -0.1) is 0 Å². The standard InChI is InChI=1S/C16H17N3/c1-13-11-16(4-3-15(13)12-17)19(2)10-7-14-5-8-18-9-6-14/h3-6,8-9,11H,7,10H2,1-2H3. The van der Waals surface area contributed by atoms with Crippen molar-refractivity contribution < 1.29 is 0 Å². The van der Waals surface area contributed by atoms with Crippen molar-refractivity contribution in [1.29, 1.82) is 5.26 Å². The van der Waals surface area contributed by atoms with Gasteiger partial charge in [-0.05, 0) is 54.8 Å². The lowest BCUT2D eigenvalue weighted by Gasteiger charge is -2.20. The predicted octanol–water partition coefficient (Wildman–Crippen LogP) is 2.94. The lowest BCUT2D eigenvalue weighted by atomic mass is 10.1. The molecule has 0 saturated carbocycles. The third kappa shape index (κ3) is 3.32. The highest BCUT2D eigenvalue weighted by Gasteiger charge is 2.04. The highest BCUT2D eigenvalue weighted by Crippen LogP contribution is 2.18. The van der Waals surface area contributed by atoms with Crippen molar-refractivity contribution in [2.24, 2.45) is 0 Å². The third-order valence-corrected chi connectivity index (χ3v) is 3.26. The molecule has 0 atom stereocenters. The van der Waals surface area contributed by atoms with E-state index in [0.29, 0.717) is 0 Å². The Morgan fingerprint density at radius 2 is 1.95 bits per heavy atom. The number of likely N-dealkylation sites (N-methyl/N-ethyl adjacent to an activating group) is 1. The minimum atomic E-state index is 0.742. The van der Waals surface area contributed by atoms with Gasteiger partial charge in [0.1, 0.15) is 0 Å². The summed E-state index contributed by atoms with van der Waals surface area (Å²) < 4.78 is 0. The van der Waals surface area contributed by atoms with Crippen molar-refractivity contribution in [2.75, 3.05) is 18.5 Å². The fourth-order valence-electron chi connectivity index (χ4n) is 1.99. The van der Waals surface area contributed by atoms with Crippen LogP contribution in [0.3, 0.4) is 0 Å². The van der Waals surface area contributed by atoms with Gasteiger partial charge in [-0.1, -0.05) is 0 Å². The lowest BCUT2D eigenvalue weighted by Crippen LogP contribution is -2.20. The quantitative estimate of drug-likeness (QED) is 0.838. The molecule has 3 heteroatoms. The number of hydrogen-bond donors (Lipinski definition) is 0. The fourth-order valence-corrected chi connectivity index (χ4v) is 1.99. The number of rotatable bonds is 4. The van der Waals surface area contributed by atoms with E-state index >= 15 is 0 Å². The summed E-state index contributed by atoms with van der Waals surface area (Å²) in [4.78, 5) is 6.22. The van der Waals surface area contributed by atoms with Gasteiger partial charge in [-0.25, -0.2) is 0 Å². The van der Waals surface area contributed by atoms with Crippen LogP contribution in [0.1, 0.15) is 16.7 Å². The molecule has 0 amide bonds. The second-order valence-electron chi connectivity index (χ2n) is 4.64. The van der Waals surface area contributed by atoms with Crippen LogP contribution in [0, 0.1) is 18.3 Å². The van der Waals surface area contributed by atoms with Crippen molar-refractivity contribution in [3.05, 3.63) is 59.4 Å². The molecule has 0 fully saturated rings. The van der Waals surface area contributed by atoms with Gasteiger partial charge in [0.15, 0.2) is 0 Å². The second kappa shape index (κ2) is 6.01. The van der Waals surface area contributed by atoms with E-state index in [4.69, 9.17) is 5.26 Å². The van der Waals surface area contributed by atoms with E-state index in [1.165, 1.54) is 5.56 Å². The van der Waals surface area contributed by atoms with Gasteiger partial charge in [0.2, 0.25) is 0 Å². The zero-order valence-electron chi connectivity index (χ0n) is 11.3. The summed E-state index contributed by atoms with van der Waals surface area (Å²) in [6, 6.07) is 12.2.